The average molecular weight is 238 g/mol. The van der Waals surface area contributed by atoms with Gasteiger partial charge in [0, 0.05) is 6.04 Å². The molecule has 90 valence electrons. The Balaban J connectivity index is 2.68. The first-order valence-corrected chi connectivity index (χ1v) is 9.08. The van der Waals surface area contributed by atoms with Gasteiger partial charge in [-0.3, -0.25) is 0 Å². The third kappa shape index (κ3) is 4.34. The van der Waals surface area contributed by atoms with Crippen LogP contribution in [0.5, 0.6) is 5.75 Å². The molecule has 1 rings (SSSR count). The van der Waals surface area contributed by atoms with E-state index in [2.05, 4.69) is 19.6 Å². The lowest BCUT2D eigenvalue weighted by Gasteiger charge is -2.19. The molecule has 0 heterocycles. The van der Waals surface area contributed by atoms with Crippen LogP contribution in [0.4, 0.5) is 0 Å². The predicted molar refractivity (Wildman–Crippen MR) is 71.0 cm³/mol. The van der Waals surface area contributed by atoms with Gasteiger partial charge in [0.25, 0.3) is 0 Å². The van der Waals surface area contributed by atoms with Crippen molar-refractivity contribution in [1.82, 2.24) is 0 Å². The topological polar surface area (TPSA) is 61.3 Å². The van der Waals surface area contributed by atoms with Gasteiger partial charge in [-0.05, 0) is 50.3 Å². The minimum Gasteiger partial charge on any atom is -0.544 e. The molecule has 0 spiro atoms. The van der Waals surface area contributed by atoms with E-state index in [-0.39, 0.29) is 6.04 Å². The van der Waals surface area contributed by atoms with E-state index in [4.69, 9.17) is 15.9 Å². The molecule has 0 fully saturated rings. The van der Waals surface area contributed by atoms with Crippen LogP contribution >= 0.6 is 0 Å². The molecule has 4 N–H and O–H groups in total. The highest BCUT2D eigenvalue weighted by Crippen LogP contribution is 2.20. The van der Waals surface area contributed by atoms with Gasteiger partial charge in [0.15, 0.2) is 0 Å². The summed E-state index contributed by atoms with van der Waals surface area (Å²) in [5, 5.41) is 0. The second-order valence-electron chi connectivity index (χ2n) is 4.97. The number of hydrogen-bond acceptors (Lipinski definition) is 3. The van der Waals surface area contributed by atoms with Gasteiger partial charge in [-0.2, -0.15) is 0 Å². The van der Waals surface area contributed by atoms with Crippen molar-refractivity contribution in [2.75, 3.05) is 6.54 Å². The summed E-state index contributed by atoms with van der Waals surface area (Å²) in [6.07, 6.45) is 0.814. The zero-order chi connectivity index (χ0) is 12.2. The maximum Gasteiger partial charge on any atom is 0.242 e. The first-order valence-electron chi connectivity index (χ1n) is 5.67. The third-order valence-electron chi connectivity index (χ3n) is 2.21. The molecule has 1 aromatic rings. The van der Waals surface area contributed by atoms with Gasteiger partial charge >= 0.3 is 0 Å². The summed E-state index contributed by atoms with van der Waals surface area (Å²) in [7, 11) is -1.51. The van der Waals surface area contributed by atoms with E-state index in [0.717, 1.165) is 17.7 Å². The fourth-order valence-corrected chi connectivity index (χ4v) is 2.33. The molecule has 16 heavy (non-hydrogen) atoms. The molecule has 0 radical (unpaired) electrons. The van der Waals surface area contributed by atoms with Crippen molar-refractivity contribution in [2.24, 2.45) is 11.5 Å². The van der Waals surface area contributed by atoms with Gasteiger partial charge < -0.3 is 15.9 Å². The Bertz CT molecular complexity index is 319. The minimum absolute atomic E-state index is 0.0333. The molecule has 0 aromatic heterocycles. The number of rotatable bonds is 5. The van der Waals surface area contributed by atoms with Crippen molar-refractivity contribution in [1.29, 1.82) is 0 Å². The molecule has 1 atom stereocenters. The lowest BCUT2D eigenvalue weighted by Crippen LogP contribution is -2.29. The number of benzene rings is 1. The summed E-state index contributed by atoms with van der Waals surface area (Å²) in [6.45, 7) is 7.12. The van der Waals surface area contributed by atoms with Gasteiger partial charge in [-0.1, -0.05) is 12.1 Å². The molecule has 0 unspecified atom stereocenters. The van der Waals surface area contributed by atoms with Gasteiger partial charge in [-0.15, -0.1) is 0 Å². The van der Waals surface area contributed by atoms with Gasteiger partial charge in [0.05, 0.1) is 0 Å². The van der Waals surface area contributed by atoms with Crippen molar-refractivity contribution in [3.63, 3.8) is 0 Å². The van der Waals surface area contributed by atoms with Crippen molar-refractivity contribution < 1.29 is 4.43 Å². The van der Waals surface area contributed by atoms with Gasteiger partial charge in [0.1, 0.15) is 5.75 Å². The van der Waals surface area contributed by atoms with Crippen LogP contribution in [0.3, 0.4) is 0 Å². The Kier molecular flexibility index (Phi) is 4.52. The minimum atomic E-state index is -1.51. The van der Waals surface area contributed by atoms with Crippen LogP contribution in [0.15, 0.2) is 24.3 Å². The number of hydrogen-bond donors (Lipinski definition) is 2. The quantitative estimate of drug-likeness (QED) is 0.773. The summed E-state index contributed by atoms with van der Waals surface area (Å²) in [5.74, 6) is 0.933. The average Bonchev–Trinajstić information content (AvgIpc) is 2.16. The van der Waals surface area contributed by atoms with E-state index in [1.165, 1.54) is 0 Å². The molecule has 0 aliphatic carbocycles. The van der Waals surface area contributed by atoms with Crippen LogP contribution in [0, 0.1) is 0 Å². The van der Waals surface area contributed by atoms with Crippen LogP contribution in [0.25, 0.3) is 0 Å². The summed E-state index contributed by atoms with van der Waals surface area (Å²) in [5.41, 5.74) is 12.6. The molecular weight excluding hydrogens is 216 g/mol. The molecule has 0 amide bonds. The molecule has 1 aromatic carbocycles. The molecular formula is C12H22N2OSi. The largest absolute Gasteiger partial charge is 0.544 e. The van der Waals surface area contributed by atoms with Crippen LogP contribution in [0.1, 0.15) is 18.0 Å². The summed E-state index contributed by atoms with van der Waals surface area (Å²) in [6, 6.07) is 8.06. The van der Waals surface area contributed by atoms with Crippen LogP contribution in [0.2, 0.25) is 19.6 Å². The van der Waals surface area contributed by atoms with E-state index in [1.807, 2.05) is 24.3 Å². The summed E-state index contributed by atoms with van der Waals surface area (Å²) in [4.78, 5) is 0. The molecule has 4 heteroatoms. The highest BCUT2D eigenvalue weighted by Gasteiger charge is 2.16. The summed E-state index contributed by atoms with van der Waals surface area (Å²) >= 11 is 0. The van der Waals surface area contributed by atoms with Crippen LogP contribution < -0.4 is 15.9 Å². The first kappa shape index (κ1) is 13.2. The fraction of sp³-hybridized carbons (Fsp3) is 0.500. The van der Waals surface area contributed by atoms with Crippen LogP contribution in [-0.4, -0.2) is 14.9 Å². The molecule has 0 aliphatic heterocycles. The van der Waals surface area contributed by atoms with E-state index >= 15 is 0 Å². The van der Waals surface area contributed by atoms with E-state index in [9.17, 15) is 0 Å². The zero-order valence-electron chi connectivity index (χ0n) is 10.4. The molecule has 0 saturated heterocycles. The van der Waals surface area contributed by atoms with Crippen molar-refractivity contribution in [2.45, 2.75) is 32.1 Å². The second kappa shape index (κ2) is 5.47. The van der Waals surface area contributed by atoms with E-state index in [1.54, 1.807) is 0 Å². The third-order valence-corrected chi connectivity index (χ3v) is 3.06. The lowest BCUT2D eigenvalue weighted by molar-refractivity contribution is 0.556. The second-order valence-corrected chi connectivity index (χ2v) is 9.40. The smallest absolute Gasteiger partial charge is 0.242 e. The Labute approximate surface area is 98.9 Å². The lowest BCUT2D eigenvalue weighted by atomic mass is 10.1. The molecule has 0 bridgehead atoms. The first-order chi connectivity index (χ1) is 7.42. The maximum absolute atomic E-state index is 5.97. The maximum atomic E-state index is 5.97. The van der Waals surface area contributed by atoms with E-state index in [0.29, 0.717) is 6.54 Å². The standard InChI is InChI=1S/C12H22N2OSi/c1-16(2,3)15-11-6-4-10(5-7-11)12(14)8-9-13/h4-7,12H,8-9,13-14H2,1-3H3/t12-/m1/s1. The fourth-order valence-electron chi connectivity index (χ4n) is 1.48. The Morgan fingerprint density at radius 1 is 1.19 bits per heavy atom. The zero-order valence-corrected chi connectivity index (χ0v) is 11.4. The Hall–Kier alpha value is -0.843. The van der Waals surface area contributed by atoms with Crippen molar-refractivity contribution >= 4 is 8.32 Å². The van der Waals surface area contributed by atoms with Gasteiger partial charge in [0.2, 0.25) is 8.32 Å². The van der Waals surface area contributed by atoms with E-state index < -0.39 is 8.32 Å². The Morgan fingerprint density at radius 3 is 2.19 bits per heavy atom. The number of nitrogens with two attached hydrogens (primary N) is 2. The highest BCUT2D eigenvalue weighted by molar-refractivity contribution is 6.70. The van der Waals surface area contributed by atoms with Crippen LogP contribution in [-0.2, 0) is 0 Å². The molecule has 3 nitrogen and oxygen atoms in total. The predicted octanol–water partition coefficient (Wildman–Crippen LogP) is 2.25. The monoisotopic (exact) mass is 238 g/mol. The van der Waals surface area contributed by atoms with Crippen molar-refractivity contribution in [3.8, 4) is 5.75 Å². The Morgan fingerprint density at radius 2 is 1.75 bits per heavy atom. The normalized spacial score (nSPS) is 13.6. The highest BCUT2D eigenvalue weighted by atomic mass is 28.4. The SMILES string of the molecule is C[Si](C)(C)Oc1ccc([C@H](N)CCN)cc1. The summed E-state index contributed by atoms with van der Waals surface area (Å²) < 4.78 is 5.87. The molecule has 0 saturated carbocycles. The van der Waals surface area contributed by atoms with Crippen molar-refractivity contribution in [3.05, 3.63) is 29.8 Å². The molecule has 0 aliphatic rings. The van der Waals surface area contributed by atoms with Gasteiger partial charge in [-0.25, -0.2) is 0 Å².